The molecule has 214 valence electrons. The van der Waals surface area contributed by atoms with Crippen molar-refractivity contribution in [2.24, 2.45) is 0 Å². The van der Waals surface area contributed by atoms with Crippen LogP contribution < -0.4 is 10.2 Å². The monoisotopic (exact) mass is 544 g/mol. The van der Waals surface area contributed by atoms with E-state index in [-0.39, 0.29) is 47.0 Å². The highest BCUT2D eigenvalue weighted by atomic mass is 16.3. The Kier molecular flexibility index (Phi) is 9.17. The summed E-state index contributed by atoms with van der Waals surface area (Å²) < 4.78 is 0. The van der Waals surface area contributed by atoms with Crippen LogP contribution in [0.2, 0.25) is 0 Å². The number of carbonyl (C=O) groups is 1. The summed E-state index contributed by atoms with van der Waals surface area (Å²) in [4.78, 5) is 14.7. The molecule has 1 amide bonds. The van der Waals surface area contributed by atoms with Crippen LogP contribution in [0.3, 0.4) is 0 Å². The minimum Gasteiger partial charge on any atom is -0.508 e. The van der Waals surface area contributed by atoms with Crippen LogP contribution in [0, 0.1) is 0 Å². The number of aliphatic hydroxyl groups is 4. The molecule has 0 aliphatic carbocycles. The van der Waals surface area contributed by atoms with Crippen LogP contribution in [0.5, 0.6) is 17.2 Å². The van der Waals surface area contributed by atoms with Crippen LogP contribution in [0.1, 0.15) is 70.2 Å². The fourth-order valence-electron chi connectivity index (χ4n) is 4.77. The number of para-hydroxylation sites is 1. The minimum atomic E-state index is -1.78. The Hall–Kier alpha value is -3.31. The molecule has 0 spiro atoms. The van der Waals surface area contributed by atoms with E-state index in [2.05, 4.69) is 5.32 Å². The van der Waals surface area contributed by atoms with Crippen molar-refractivity contribution in [2.45, 2.75) is 83.2 Å². The number of aliphatic hydroxyl groups excluding tert-OH is 2. The largest absolute Gasteiger partial charge is 0.508 e. The summed E-state index contributed by atoms with van der Waals surface area (Å²) >= 11 is 0. The van der Waals surface area contributed by atoms with Crippen molar-refractivity contribution in [2.75, 3.05) is 16.8 Å². The first-order chi connectivity index (χ1) is 18.2. The van der Waals surface area contributed by atoms with Crippen LogP contribution in [-0.2, 0) is 0 Å². The van der Waals surface area contributed by atoms with Crippen molar-refractivity contribution in [3.63, 3.8) is 0 Å². The average Bonchev–Trinajstić information content (AvgIpc) is 2.98. The second-order valence-electron chi connectivity index (χ2n) is 10.8. The molecule has 4 atom stereocenters. The molecular weight excluding hydrogens is 504 g/mol. The van der Waals surface area contributed by atoms with E-state index in [1.54, 1.807) is 6.92 Å². The second-order valence-corrected chi connectivity index (χ2v) is 10.8. The van der Waals surface area contributed by atoms with Crippen LogP contribution in [0.25, 0.3) is 0 Å². The number of fused-ring (bicyclic) bond motifs is 2. The van der Waals surface area contributed by atoms with E-state index in [1.807, 2.05) is 19.9 Å². The quantitative estimate of drug-likeness (QED) is 0.119. The molecule has 0 saturated heterocycles. The Bertz CT molecular complexity index is 1220. The van der Waals surface area contributed by atoms with E-state index in [1.165, 1.54) is 31.2 Å². The lowest BCUT2D eigenvalue weighted by atomic mass is 9.82. The standard InChI is InChI=1S/C29H40N2O8/c1-5-29(39,12-7-8-17(2)3)23(35)11-13-28(4,38)24(36)16-31-20-14-18(32)15-22(34)26(20)30-25-19(27(31)37)9-6-10-21(25)33/h6,8-10,14-15,23-24,30,32-36,38-39H,5,7,11-13,16H2,1-4H3. The molecule has 2 aromatic carbocycles. The first kappa shape index (κ1) is 30.2. The van der Waals surface area contributed by atoms with Gasteiger partial charge in [-0.1, -0.05) is 24.6 Å². The van der Waals surface area contributed by atoms with Gasteiger partial charge in [-0.15, -0.1) is 0 Å². The number of nitrogens with one attached hydrogen (secondary N) is 1. The first-order valence-corrected chi connectivity index (χ1v) is 13.1. The fourth-order valence-corrected chi connectivity index (χ4v) is 4.77. The van der Waals surface area contributed by atoms with E-state index in [0.29, 0.717) is 19.3 Å². The van der Waals surface area contributed by atoms with Crippen LogP contribution in [0.15, 0.2) is 42.0 Å². The Morgan fingerprint density at radius 2 is 1.72 bits per heavy atom. The van der Waals surface area contributed by atoms with Gasteiger partial charge in [-0.2, -0.15) is 0 Å². The number of allylic oxidation sites excluding steroid dienone is 2. The summed E-state index contributed by atoms with van der Waals surface area (Å²) in [7, 11) is 0. The third-order valence-corrected chi connectivity index (χ3v) is 7.50. The van der Waals surface area contributed by atoms with Gasteiger partial charge in [-0.3, -0.25) is 4.79 Å². The normalized spacial score (nSPS) is 17.5. The number of anilines is 3. The van der Waals surface area contributed by atoms with Gasteiger partial charge in [-0.25, -0.2) is 0 Å². The molecule has 2 aromatic rings. The van der Waals surface area contributed by atoms with Gasteiger partial charge in [0.25, 0.3) is 5.91 Å². The number of carbonyl (C=O) groups excluding carboxylic acids is 1. The number of phenols is 3. The van der Waals surface area contributed by atoms with Gasteiger partial charge in [0.15, 0.2) is 0 Å². The third-order valence-electron chi connectivity index (χ3n) is 7.50. The lowest BCUT2D eigenvalue weighted by Gasteiger charge is -2.36. The number of aromatic hydroxyl groups is 3. The number of phenolic OH excluding ortho intramolecular Hbond substituents is 3. The molecule has 0 radical (unpaired) electrons. The molecule has 0 aromatic heterocycles. The summed E-state index contributed by atoms with van der Waals surface area (Å²) in [6.45, 7) is 6.61. The molecule has 3 rings (SSSR count). The van der Waals surface area contributed by atoms with Crippen LogP contribution in [-0.4, -0.2) is 71.6 Å². The lowest BCUT2D eigenvalue weighted by Crippen LogP contribution is -2.50. The minimum absolute atomic E-state index is 0.00636. The van der Waals surface area contributed by atoms with Gasteiger partial charge in [0.2, 0.25) is 0 Å². The number of hydrogen-bond donors (Lipinski definition) is 8. The molecule has 0 saturated carbocycles. The third kappa shape index (κ3) is 6.65. The molecule has 1 aliphatic rings. The summed E-state index contributed by atoms with van der Waals surface area (Å²) in [5.74, 6) is -1.62. The Morgan fingerprint density at radius 1 is 1.03 bits per heavy atom. The predicted molar refractivity (Wildman–Crippen MR) is 149 cm³/mol. The summed E-state index contributed by atoms with van der Waals surface area (Å²) in [6, 6.07) is 6.59. The Labute approximate surface area is 228 Å². The average molecular weight is 545 g/mol. The van der Waals surface area contributed by atoms with Crippen molar-refractivity contribution in [3.8, 4) is 17.2 Å². The lowest BCUT2D eigenvalue weighted by molar-refractivity contribution is -0.107. The topological polar surface area (TPSA) is 174 Å². The smallest absolute Gasteiger partial charge is 0.260 e. The SMILES string of the molecule is CCC(O)(CCC=C(C)C)C(O)CCC(C)(O)C(O)CN1C(=O)c2cccc(O)c2Nc2c(O)cc(O)cc21. The van der Waals surface area contributed by atoms with Crippen molar-refractivity contribution in [3.05, 3.63) is 47.5 Å². The fraction of sp³-hybridized carbons (Fsp3) is 0.483. The molecule has 10 heteroatoms. The van der Waals surface area contributed by atoms with E-state index < -0.39 is 41.6 Å². The maximum absolute atomic E-state index is 13.6. The van der Waals surface area contributed by atoms with Gasteiger partial charge in [0.1, 0.15) is 29.0 Å². The number of benzene rings is 2. The number of β-amino-alcohol motifs (C(OH)–C–C–N with tert-alkyl or cyclic N) is 1. The molecule has 1 aliphatic heterocycles. The number of rotatable bonds is 11. The highest BCUT2D eigenvalue weighted by Gasteiger charge is 2.39. The molecule has 4 unspecified atom stereocenters. The summed E-state index contributed by atoms with van der Waals surface area (Å²) in [5, 5.41) is 77.9. The number of nitrogens with zero attached hydrogens (tertiary/aromatic N) is 1. The molecule has 0 fully saturated rings. The van der Waals surface area contributed by atoms with Gasteiger partial charge in [-0.05, 0) is 65.0 Å². The maximum Gasteiger partial charge on any atom is 0.260 e. The zero-order chi connectivity index (χ0) is 29.1. The highest BCUT2D eigenvalue weighted by molar-refractivity contribution is 6.15. The van der Waals surface area contributed by atoms with Gasteiger partial charge >= 0.3 is 0 Å². The van der Waals surface area contributed by atoms with Gasteiger partial charge in [0.05, 0.1) is 40.8 Å². The van der Waals surface area contributed by atoms with Crippen molar-refractivity contribution in [1.29, 1.82) is 0 Å². The zero-order valence-corrected chi connectivity index (χ0v) is 22.8. The van der Waals surface area contributed by atoms with Crippen molar-refractivity contribution < 1.29 is 40.5 Å². The van der Waals surface area contributed by atoms with Crippen LogP contribution in [0.4, 0.5) is 17.1 Å². The van der Waals surface area contributed by atoms with E-state index in [0.717, 1.165) is 16.5 Å². The predicted octanol–water partition coefficient (Wildman–Crippen LogP) is 3.65. The molecule has 39 heavy (non-hydrogen) atoms. The Morgan fingerprint density at radius 3 is 2.36 bits per heavy atom. The van der Waals surface area contributed by atoms with Gasteiger partial charge < -0.3 is 46.0 Å². The van der Waals surface area contributed by atoms with Gasteiger partial charge in [0, 0.05) is 12.1 Å². The number of amides is 1. The molecule has 1 heterocycles. The first-order valence-electron chi connectivity index (χ1n) is 13.1. The summed E-state index contributed by atoms with van der Waals surface area (Å²) in [6.07, 6.45) is 0.442. The van der Waals surface area contributed by atoms with E-state index >= 15 is 0 Å². The highest BCUT2D eigenvalue weighted by Crippen LogP contribution is 2.46. The zero-order valence-electron chi connectivity index (χ0n) is 22.8. The second kappa shape index (κ2) is 11.8. The van der Waals surface area contributed by atoms with E-state index in [9.17, 15) is 40.5 Å². The molecule has 0 bridgehead atoms. The summed E-state index contributed by atoms with van der Waals surface area (Å²) in [5.41, 5.74) is -1.89. The Balaban J connectivity index is 1.84. The molecular formula is C29H40N2O8. The molecule has 8 N–H and O–H groups in total. The number of hydrogen-bond acceptors (Lipinski definition) is 9. The maximum atomic E-state index is 13.6. The van der Waals surface area contributed by atoms with Crippen molar-refractivity contribution >= 4 is 23.0 Å². The molecule has 10 nitrogen and oxygen atoms in total. The van der Waals surface area contributed by atoms with Crippen molar-refractivity contribution in [1.82, 2.24) is 0 Å². The van der Waals surface area contributed by atoms with E-state index in [4.69, 9.17) is 0 Å². The van der Waals surface area contributed by atoms with Crippen LogP contribution >= 0.6 is 0 Å².